The number of aromatic nitrogens is 6. The van der Waals surface area contributed by atoms with E-state index in [9.17, 15) is 9.18 Å². The number of ether oxygens (including phenoxy) is 1. The average Bonchev–Trinajstić information content (AvgIpc) is 3.42. The van der Waals surface area contributed by atoms with Gasteiger partial charge in [-0.1, -0.05) is 24.3 Å². The second-order valence-corrected chi connectivity index (χ2v) is 8.76. The molecule has 3 aromatic heterocycles. The van der Waals surface area contributed by atoms with Crippen LogP contribution in [0.2, 0.25) is 0 Å². The third kappa shape index (κ3) is 3.86. The Hall–Kier alpha value is -4.60. The Labute approximate surface area is 205 Å². The van der Waals surface area contributed by atoms with Gasteiger partial charge in [0.25, 0.3) is 0 Å². The summed E-state index contributed by atoms with van der Waals surface area (Å²) in [6.45, 7) is 4.02. The fourth-order valence-electron chi connectivity index (χ4n) is 4.59. The van der Waals surface area contributed by atoms with Gasteiger partial charge in [0.2, 0.25) is 5.91 Å². The summed E-state index contributed by atoms with van der Waals surface area (Å²) in [5, 5.41) is 20.4. The van der Waals surface area contributed by atoms with E-state index in [1.807, 2.05) is 50.2 Å². The zero-order valence-corrected chi connectivity index (χ0v) is 19.6. The molecule has 1 amide bonds. The van der Waals surface area contributed by atoms with E-state index in [2.05, 4.69) is 20.6 Å². The Balaban J connectivity index is 1.30. The quantitative estimate of drug-likeness (QED) is 0.404. The molecular weight excluding hydrogens is 461 g/mol. The van der Waals surface area contributed by atoms with Gasteiger partial charge in [-0.05, 0) is 61.4 Å². The molecule has 2 aromatic carbocycles. The third-order valence-corrected chi connectivity index (χ3v) is 6.30. The van der Waals surface area contributed by atoms with Gasteiger partial charge in [0, 0.05) is 17.9 Å². The summed E-state index contributed by atoms with van der Waals surface area (Å²) in [6, 6.07) is 17.6. The van der Waals surface area contributed by atoms with Crippen LogP contribution < -0.4 is 10.1 Å². The van der Waals surface area contributed by atoms with E-state index < -0.39 is 0 Å². The van der Waals surface area contributed by atoms with Gasteiger partial charge in [-0.3, -0.25) is 4.79 Å². The molecule has 0 saturated heterocycles. The summed E-state index contributed by atoms with van der Waals surface area (Å²) in [4.78, 5) is 12.7. The van der Waals surface area contributed by atoms with Gasteiger partial charge in [0.1, 0.15) is 24.0 Å². The molecule has 6 rings (SSSR count). The van der Waals surface area contributed by atoms with Gasteiger partial charge >= 0.3 is 0 Å². The first kappa shape index (κ1) is 21.9. The van der Waals surface area contributed by atoms with Gasteiger partial charge in [-0.15, -0.1) is 15.3 Å². The van der Waals surface area contributed by atoms with Crippen LogP contribution in [0.4, 0.5) is 10.2 Å². The van der Waals surface area contributed by atoms with E-state index in [4.69, 9.17) is 9.84 Å². The zero-order chi connectivity index (χ0) is 24.8. The summed E-state index contributed by atoms with van der Waals surface area (Å²) < 4.78 is 22.5. The van der Waals surface area contributed by atoms with Crippen molar-refractivity contribution in [2.45, 2.75) is 32.8 Å². The Kier molecular flexibility index (Phi) is 5.21. The van der Waals surface area contributed by atoms with Gasteiger partial charge in [-0.25, -0.2) is 4.39 Å². The highest BCUT2D eigenvalue weighted by molar-refractivity contribution is 5.95. The number of rotatable bonds is 5. The largest absolute Gasteiger partial charge is 0.489 e. The summed E-state index contributed by atoms with van der Waals surface area (Å²) in [6.07, 6.45) is 0.306. The number of aryl methyl sites for hydroxylation is 2. The highest BCUT2D eigenvalue weighted by Crippen LogP contribution is 2.40. The summed E-state index contributed by atoms with van der Waals surface area (Å²) in [5.74, 6) is 1.93. The molecule has 0 fully saturated rings. The summed E-state index contributed by atoms with van der Waals surface area (Å²) in [5.41, 5.74) is 4.12. The lowest BCUT2D eigenvalue weighted by Crippen LogP contribution is -2.25. The molecule has 0 unspecified atom stereocenters. The Morgan fingerprint density at radius 2 is 1.89 bits per heavy atom. The number of amides is 1. The van der Waals surface area contributed by atoms with Crippen molar-refractivity contribution in [3.05, 3.63) is 94.7 Å². The second-order valence-electron chi connectivity index (χ2n) is 8.76. The maximum Gasteiger partial charge on any atom is 0.226 e. The third-order valence-electron chi connectivity index (χ3n) is 6.30. The lowest BCUT2D eigenvalue weighted by molar-refractivity contribution is -0.116. The van der Waals surface area contributed by atoms with Crippen LogP contribution >= 0.6 is 0 Å². The monoisotopic (exact) mass is 483 g/mol. The van der Waals surface area contributed by atoms with E-state index in [0.29, 0.717) is 35.3 Å². The maximum absolute atomic E-state index is 13.4. The van der Waals surface area contributed by atoms with E-state index >= 15 is 0 Å². The van der Waals surface area contributed by atoms with Crippen LogP contribution in [-0.4, -0.2) is 35.5 Å². The number of nitrogens with one attached hydrogen (secondary N) is 1. The molecule has 9 nitrogen and oxygen atoms in total. The van der Waals surface area contributed by atoms with Crippen LogP contribution in [0, 0.1) is 19.7 Å². The fourth-order valence-corrected chi connectivity index (χ4v) is 4.59. The van der Waals surface area contributed by atoms with Gasteiger partial charge < -0.3 is 10.1 Å². The van der Waals surface area contributed by atoms with Crippen molar-refractivity contribution in [3.63, 3.8) is 0 Å². The normalized spacial score (nSPS) is 15.1. The predicted molar refractivity (Wildman–Crippen MR) is 130 cm³/mol. The molecule has 36 heavy (non-hydrogen) atoms. The molecule has 0 saturated carbocycles. The summed E-state index contributed by atoms with van der Waals surface area (Å²) in [7, 11) is 0. The van der Waals surface area contributed by atoms with E-state index in [1.54, 1.807) is 21.3 Å². The van der Waals surface area contributed by atoms with Crippen LogP contribution in [0.25, 0.3) is 11.5 Å². The van der Waals surface area contributed by atoms with Crippen LogP contribution in [0.5, 0.6) is 5.75 Å². The Bertz CT molecular complexity index is 1610. The molecule has 0 spiro atoms. The molecular formula is C26H22FN7O2. The first-order valence-electron chi connectivity index (χ1n) is 11.5. The Morgan fingerprint density at radius 3 is 2.69 bits per heavy atom. The van der Waals surface area contributed by atoms with Crippen LogP contribution in [-0.2, 0) is 11.4 Å². The highest BCUT2D eigenvalue weighted by Gasteiger charge is 2.33. The fraction of sp³-hybridized carbons (Fsp3) is 0.192. The van der Waals surface area contributed by atoms with Crippen molar-refractivity contribution in [2.75, 3.05) is 5.32 Å². The van der Waals surface area contributed by atoms with Crippen LogP contribution in [0.1, 0.15) is 40.5 Å². The number of nitrogens with zero attached hydrogens (tertiary/aromatic N) is 6. The SMILES string of the molecule is Cc1nn(-c2ccc3nnc(C)n3n2)c2c1[C@@H](c1ccc(OCc3cccc(F)c3)cc1)CC(=O)N2. The number of carbonyl (C=O) groups is 1. The number of hydrogen-bond acceptors (Lipinski definition) is 6. The lowest BCUT2D eigenvalue weighted by Gasteiger charge is -2.24. The minimum Gasteiger partial charge on any atom is -0.489 e. The first-order chi connectivity index (χ1) is 17.5. The molecule has 10 heteroatoms. The summed E-state index contributed by atoms with van der Waals surface area (Å²) >= 11 is 0. The maximum atomic E-state index is 13.4. The highest BCUT2D eigenvalue weighted by atomic mass is 19.1. The number of benzene rings is 2. The van der Waals surface area contributed by atoms with Crippen LogP contribution in [0.3, 0.4) is 0 Å². The average molecular weight is 484 g/mol. The molecule has 0 aliphatic carbocycles. The van der Waals surface area contributed by atoms with Crippen molar-refractivity contribution >= 4 is 17.4 Å². The topological polar surface area (TPSA) is 99.2 Å². The number of fused-ring (bicyclic) bond motifs is 2. The van der Waals surface area contributed by atoms with Gasteiger partial charge in [-0.2, -0.15) is 14.3 Å². The lowest BCUT2D eigenvalue weighted by atomic mass is 9.86. The van der Waals surface area contributed by atoms with Gasteiger partial charge in [0.05, 0.1) is 5.69 Å². The van der Waals surface area contributed by atoms with Gasteiger partial charge in [0.15, 0.2) is 17.3 Å². The second kappa shape index (κ2) is 8.56. The molecule has 4 heterocycles. The van der Waals surface area contributed by atoms with Crippen LogP contribution in [0.15, 0.2) is 60.7 Å². The van der Waals surface area contributed by atoms with E-state index in [1.165, 1.54) is 12.1 Å². The number of halogens is 1. The minimum absolute atomic E-state index is 0.0957. The van der Waals surface area contributed by atoms with E-state index in [0.717, 1.165) is 22.4 Å². The molecule has 0 bridgehead atoms. The molecule has 1 N–H and O–H groups in total. The van der Waals surface area contributed by atoms with Crippen molar-refractivity contribution in [1.29, 1.82) is 0 Å². The molecule has 1 aliphatic rings. The molecule has 0 radical (unpaired) electrons. The van der Waals surface area contributed by atoms with Crippen molar-refractivity contribution in [1.82, 2.24) is 29.6 Å². The predicted octanol–water partition coefficient (Wildman–Crippen LogP) is 4.12. The van der Waals surface area contributed by atoms with Crippen molar-refractivity contribution < 1.29 is 13.9 Å². The molecule has 1 aliphatic heterocycles. The molecule has 1 atom stereocenters. The Morgan fingerprint density at radius 1 is 1.06 bits per heavy atom. The minimum atomic E-state index is -0.291. The molecule has 5 aromatic rings. The van der Waals surface area contributed by atoms with Crippen molar-refractivity contribution in [2.24, 2.45) is 0 Å². The van der Waals surface area contributed by atoms with E-state index in [-0.39, 0.29) is 24.2 Å². The zero-order valence-electron chi connectivity index (χ0n) is 19.6. The smallest absolute Gasteiger partial charge is 0.226 e. The molecule has 180 valence electrons. The number of anilines is 1. The first-order valence-corrected chi connectivity index (χ1v) is 11.5. The standard InChI is InChI=1S/C26H22FN7O2/c1-15-25-21(18-6-8-20(9-7-18)36-14-17-4-3-5-19(27)12-17)13-24(35)28-26(25)34(31-15)23-11-10-22-30-29-16(2)33(22)32-23/h3-12,21H,13-14H2,1-2H3,(H,28,35)/t21-/m1/s1. The number of hydrogen-bond donors (Lipinski definition) is 1. The number of carbonyl (C=O) groups excluding carboxylic acids is 1. The van der Waals surface area contributed by atoms with Crippen molar-refractivity contribution in [3.8, 4) is 11.6 Å².